The Morgan fingerprint density at radius 1 is 1.16 bits per heavy atom. The van der Waals surface area contributed by atoms with Crippen molar-refractivity contribution in [2.24, 2.45) is 0 Å². The molecule has 1 fully saturated rings. The molecular formula is C27H20ClF3N4O7S2. The first-order chi connectivity index (χ1) is 20.8. The standard InChI is InChI=1S/C27H20ClF3N4O7S2/c1-41-25(37)21-6-7-23(42-21)44(39,40)33-8-9-34-24(36)22(43-26(34)38)11-15-2-5-20-17(10-15)13-32-35(20)14-16-3-4-18(28)12-19(16)27(29,30)31/h2-7,10-13,33H,8-9,14H2,1H3. The van der Waals surface area contributed by atoms with E-state index in [9.17, 15) is 36.0 Å². The number of fused-ring (bicyclic) bond motifs is 1. The number of sulfonamides is 1. The summed E-state index contributed by atoms with van der Waals surface area (Å²) >= 11 is 6.44. The monoisotopic (exact) mass is 668 g/mol. The largest absolute Gasteiger partial charge is 0.463 e. The molecule has 2 amide bonds. The average Bonchev–Trinajstić information content (AvgIpc) is 3.68. The predicted molar refractivity (Wildman–Crippen MR) is 153 cm³/mol. The molecule has 0 aliphatic carbocycles. The Bertz CT molecular complexity index is 1940. The van der Waals surface area contributed by atoms with Crippen molar-refractivity contribution in [2.75, 3.05) is 20.2 Å². The minimum Gasteiger partial charge on any atom is -0.463 e. The van der Waals surface area contributed by atoms with Crippen LogP contribution in [0.1, 0.15) is 27.2 Å². The molecule has 0 saturated carbocycles. The van der Waals surface area contributed by atoms with E-state index in [1.165, 1.54) is 29.1 Å². The first-order valence-electron chi connectivity index (χ1n) is 12.5. The SMILES string of the molecule is COC(=O)c1ccc(S(=O)(=O)NCCN2C(=O)SC(=Cc3ccc4c(cnn4Cc4ccc(Cl)cc4C(F)(F)F)c3)C2=O)o1. The molecule has 0 unspecified atom stereocenters. The van der Waals surface area contributed by atoms with Gasteiger partial charge < -0.3 is 9.15 Å². The number of benzene rings is 2. The first-order valence-corrected chi connectivity index (χ1v) is 15.2. The van der Waals surface area contributed by atoms with Crippen LogP contribution in [-0.4, -0.2) is 60.4 Å². The third-order valence-electron chi connectivity index (χ3n) is 6.39. The number of hydrogen-bond donors (Lipinski definition) is 1. The van der Waals surface area contributed by atoms with Crippen LogP contribution in [0.2, 0.25) is 5.02 Å². The Balaban J connectivity index is 1.26. The fourth-order valence-electron chi connectivity index (χ4n) is 4.32. The molecule has 11 nitrogen and oxygen atoms in total. The van der Waals surface area contributed by atoms with Gasteiger partial charge in [-0.15, -0.1) is 0 Å². The highest BCUT2D eigenvalue weighted by molar-refractivity contribution is 8.18. The molecule has 17 heteroatoms. The number of esters is 1. The summed E-state index contributed by atoms with van der Waals surface area (Å²) in [6.45, 7) is -0.761. The van der Waals surface area contributed by atoms with Gasteiger partial charge in [0, 0.05) is 23.5 Å². The lowest BCUT2D eigenvalue weighted by Crippen LogP contribution is -2.37. The van der Waals surface area contributed by atoms with E-state index in [1.54, 1.807) is 18.2 Å². The van der Waals surface area contributed by atoms with Crippen LogP contribution in [0.4, 0.5) is 18.0 Å². The second kappa shape index (κ2) is 12.1. The molecule has 4 aromatic rings. The number of halogens is 4. The normalized spacial score (nSPS) is 15.1. The summed E-state index contributed by atoms with van der Waals surface area (Å²) in [5, 5.41) is 3.61. The van der Waals surface area contributed by atoms with E-state index in [0.717, 1.165) is 30.2 Å². The molecule has 44 heavy (non-hydrogen) atoms. The Labute approximate surface area is 256 Å². The van der Waals surface area contributed by atoms with Crippen molar-refractivity contribution in [3.05, 3.63) is 87.1 Å². The van der Waals surface area contributed by atoms with Crippen LogP contribution in [0.15, 0.2) is 69.1 Å². The molecule has 0 radical (unpaired) electrons. The molecule has 0 bridgehead atoms. The van der Waals surface area contributed by atoms with E-state index in [2.05, 4.69) is 14.6 Å². The Kier molecular flexibility index (Phi) is 8.62. The smallest absolute Gasteiger partial charge is 0.416 e. The maximum atomic E-state index is 13.5. The molecule has 0 atom stereocenters. The van der Waals surface area contributed by atoms with Gasteiger partial charge in [0.25, 0.3) is 21.2 Å². The third-order valence-corrected chi connectivity index (χ3v) is 8.87. The highest BCUT2D eigenvalue weighted by Crippen LogP contribution is 2.35. The number of imide groups is 1. The molecule has 2 aromatic carbocycles. The summed E-state index contributed by atoms with van der Waals surface area (Å²) in [4.78, 5) is 37.9. The lowest BCUT2D eigenvalue weighted by Gasteiger charge is -2.14. The topological polar surface area (TPSA) is 141 Å². The van der Waals surface area contributed by atoms with Crippen LogP contribution in [0.3, 0.4) is 0 Å². The lowest BCUT2D eigenvalue weighted by molar-refractivity contribution is -0.138. The zero-order valence-electron chi connectivity index (χ0n) is 22.4. The fraction of sp³-hybridized carbons (Fsp3) is 0.185. The van der Waals surface area contributed by atoms with Gasteiger partial charge >= 0.3 is 12.1 Å². The molecule has 1 aliphatic rings. The van der Waals surface area contributed by atoms with Gasteiger partial charge in [0.15, 0.2) is 0 Å². The summed E-state index contributed by atoms with van der Waals surface area (Å²) in [5.74, 6) is -1.81. The van der Waals surface area contributed by atoms with Gasteiger partial charge in [0.05, 0.1) is 35.8 Å². The van der Waals surface area contributed by atoms with Crippen molar-refractivity contribution in [1.82, 2.24) is 19.4 Å². The van der Waals surface area contributed by atoms with Crippen LogP contribution in [0, 0.1) is 0 Å². The Morgan fingerprint density at radius 2 is 1.93 bits per heavy atom. The maximum Gasteiger partial charge on any atom is 0.416 e. The van der Waals surface area contributed by atoms with Crippen molar-refractivity contribution in [3.8, 4) is 0 Å². The highest BCUT2D eigenvalue weighted by atomic mass is 35.5. The van der Waals surface area contributed by atoms with Gasteiger partial charge in [-0.05, 0) is 65.4 Å². The second-order valence-electron chi connectivity index (χ2n) is 9.26. The van der Waals surface area contributed by atoms with Crippen LogP contribution in [-0.2, 0) is 32.3 Å². The van der Waals surface area contributed by atoms with Gasteiger partial charge in [-0.1, -0.05) is 23.7 Å². The Morgan fingerprint density at radius 3 is 2.66 bits per heavy atom. The molecular weight excluding hydrogens is 649 g/mol. The number of nitrogens with one attached hydrogen (secondary N) is 1. The van der Waals surface area contributed by atoms with E-state index < -0.39 is 44.0 Å². The predicted octanol–water partition coefficient (Wildman–Crippen LogP) is 5.15. The number of alkyl halides is 3. The molecule has 1 N–H and O–H groups in total. The van der Waals surface area contributed by atoms with Crippen molar-refractivity contribution >= 4 is 67.5 Å². The number of hydrogen-bond acceptors (Lipinski definition) is 9. The van der Waals surface area contributed by atoms with E-state index in [-0.39, 0.29) is 40.9 Å². The first kappa shape index (κ1) is 31.3. The van der Waals surface area contributed by atoms with Crippen LogP contribution in [0.25, 0.3) is 17.0 Å². The van der Waals surface area contributed by atoms with Gasteiger partial charge in [-0.25, -0.2) is 17.9 Å². The van der Waals surface area contributed by atoms with Crippen molar-refractivity contribution < 1.29 is 45.1 Å². The third kappa shape index (κ3) is 6.52. The molecule has 3 heterocycles. The number of thioether (sulfide) groups is 1. The number of aromatic nitrogens is 2. The zero-order valence-corrected chi connectivity index (χ0v) is 24.8. The molecule has 1 aliphatic heterocycles. The summed E-state index contributed by atoms with van der Waals surface area (Å²) < 4.78 is 78.6. The Hall–Kier alpha value is -4.12. The lowest BCUT2D eigenvalue weighted by atomic mass is 10.1. The quantitative estimate of drug-likeness (QED) is 0.189. The number of furan rings is 1. The number of methoxy groups -OCH3 is 1. The second-order valence-corrected chi connectivity index (χ2v) is 12.4. The number of ether oxygens (including phenoxy) is 1. The van der Waals surface area contributed by atoms with Gasteiger partial charge in [0.2, 0.25) is 10.9 Å². The number of carbonyl (C=O) groups excluding carboxylic acids is 3. The van der Waals surface area contributed by atoms with Gasteiger partial charge in [-0.3, -0.25) is 19.2 Å². The number of rotatable bonds is 9. The minimum atomic E-state index is -4.60. The van der Waals surface area contributed by atoms with E-state index in [0.29, 0.717) is 28.2 Å². The van der Waals surface area contributed by atoms with Crippen LogP contribution in [0.5, 0.6) is 0 Å². The molecule has 5 rings (SSSR count). The van der Waals surface area contributed by atoms with Crippen molar-refractivity contribution in [3.63, 3.8) is 0 Å². The summed E-state index contributed by atoms with van der Waals surface area (Å²) in [6, 6.07) is 10.7. The molecule has 0 spiro atoms. The minimum absolute atomic E-state index is 0.0120. The molecule has 2 aromatic heterocycles. The van der Waals surface area contributed by atoms with Gasteiger partial charge in [0.1, 0.15) is 0 Å². The van der Waals surface area contributed by atoms with Crippen LogP contribution < -0.4 is 4.72 Å². The van der Waals surface area contributed by atoms with E-state index in [4.69, 9.17) is 16.0 Å². The summed E-state index contributed by atoms with van der Waals surface area (Å²) in [7, 11) is -3.08. The number of nitrogens with zero attached hydrogens (tertiary/aromatic N) is 3. The summed E-state index contributed by atoms with van der Waals surface area (Å²) in [5.41, 5.74) is 0.204. The number of amides is 2. The average molecular weight is 669 g/mol. The maximum absolute atomic E-state index is 13.5. The number of carbonyl (C=O) groups is 3. The zero-order chi connectivity index (χ0) is 31.8. The molecule has 1 saturated heterocycles. The van der Waals surface area contributed by atoms with Crippen molar-refractivity contribution in [2.45, 2.75) is 17.8 Å². The van der Waals surface area contributed by atoms with Crippen molar-refractivity contribution in [1.29, 1.82) is 0 Å². The highest BCUT2D eigenvalue weighted by Gasteiger charge is 2.35. The van der Waals surface area contributed by atoms with Crippen LogP contribution >= 0.6 is 23.4 Å². The van der Waals surface area contributed by atoms with E-state index >= 15 is 0 Å². The fourth-order valence-corrected chi connectivity index (χ4v) is 6.30. The molecule has 230 valence electrons. The van der Waals surface area contributed by atoms with Gasteiger partial charge in [-0.2, -0.15) is 18.3 Å². The summed E-state index contributed by atoms with van der Waals surface area (Å²) in [6.07, 6.45) is -1.65. The van der Waals surface area contributed by atoms with E-state index in [1.807, 2.05) is 0 Å².